The van der Waals surface area contributed by atoms with E-state index in [2.05, 4.69) is 15.3 Å². The molecule has 0 radical (unpaired) electrons. The maximum absolute atomic E-state index is 12.1. The molecule has 0 atom stereocenters. The first-order valence-electron chi connectivity index (χ1n) is 5.91. The van der Waals surface area contributed by atoms with E-state index < -0.39 is 0 Å². The van der Waals surface area contributed by atoms with E-state index in [1.54, 1.807) is 17.7 Å². The van der Waals surface area contributed by atoms with E-state index in [4.69, 9.17) is 16.3 Å². The van der Waals surface area contributed by atoms with Crippen LogP contribution in [-0.2, 0) is 4.74 Å². The van der Waals surface area contributed by atoms with E-state index in [0.29, 0.717) is 35.3 Å². The van der Waals surface area contributed by atoms with Crippen LogP contribution in [0.1, 0.15) is 22.7 Å². The van der Waals surface area contributed by atoms with Crippen molar-refractivity contribution in [1.82, 2.24) is 19.7 Å². The number of fused-ring (bicyclic) bond motifs is 1. The summed E-state index contributed by atoms with van der Waals surface area (Å²) in [5.41, 5.74) is 1.05. The van der Waals surface area contributed by atoms with Gasteiger partial charge in [0.05, 0.1) is 12.4 Å². The fraction of sp³-hybridized carbons (Fsp3) is 0.417. The fourth-order valence-corrected chi connectivity index (χ4v) is 1.99. The lowest BCUT2D eigenvalue weighted by Gasteiger charge is -2.08. The third kappa shape index (κ3) is 2.85. The molecule has 0 aliphatic carbocycles. The van der Waals surface area contributed by atoms with E-state index in [1.165, 1.54) is 6.20 Å². The maximum atomic E-state index is 12.1. The standard InChI is InChI=1S/C12H15ClN4O2/c1-8-15-6-9-11(13)16-7-10(17(8)9)12(18)14-4-3-5-19-2/h6-7H,3-5H2,1-2H3,(H,14,18). The van der Waals surface area contributed by atoms with Crippen molar-refractivity contribution >= 4 is 23.0 Å². The zero-order valence-corrected chi connectivity index (χ0v) is 11.6. The SMILES string of the molecule is COCCCNC(=O)c1cnc(Cl)c2cnc(C)n12. The number of methoxy groups -OCH3 is 1. The molecule has 0 spiro atoms. The molecule has 0 bridgehead atoms. The zero-order valence-electron chi connectivity index (χ0n) is 10.8. The molecule has 2 heterocycles. The highest BCUT2D eigenvalue weighted by Crippen LogP contribution is 2.17. The summed E-state index contributed by atoms with van der Waals surface area (Å²) in [6.07, 6.45) is 3.82. The molecule has 0 unspecified atom stereocenters. The molecule has 0 aliphatic heterocycles. The Morgan fingerprint density at radius 3 is 3.00 bits per heavy atom. The van der Waals surface area contributed by atoms with Gasteiger partial charge in [-0.1, -0.05) is 11.6 Å². The van der Waals surface area contributed by atoms with E-state index in [9.17, 15) is 4.79 Å². The van der Waals surface area contributed by atoms with Crippen LogP contribution >= 0.6 is 11.6 Å². The summed E-state index contributed by atoms with van der Waals surface area (Å²) in [5, 5.41) is 3.14. The first-order valence-corrected chi connectivity index (χ1v) is 6.28. The smallest absolute Gasteiger partial charge is 0.269 e. The highest BCUT2D eigenvalue weighted by atomic mass is 35.5. The highest BCUT2D eigenvalue weighted by Gasteiger charge is 2.14. The molecule has 0 saturated carbocycles. The van der Waals surface area contributed by atoms with E-state index in [-0.39, 0.29) is 5.91 Å². The Hall–Kier alpha value is -1.66. The van der Waals surface area contributed by atoms with Crippen molar-refractivity contribution in [2.24, 2.45) is 0 Å². The van der Waals surface area contributed by atoms with Crippen molar-refractivity contribution in [3.8, 4) is 0 Å². The van der Waals surface area contributed by atoms with E-state index >= 15 is 0 Å². The number of amides is 1. The lowest BCUT2D eigenvalue weighted by molar-refractivity contribution is 0.0941. The lowest BCUT2D eigenvalue weighted by atomic mass is 10.3. The number of carbonyl (C=O) groups is 1. The van der Waals surface area contributed by atoms with Crippen molar-refractivity contribution in [3.05, 3.63) is 29.1 Å². The second-order valence-electron chi connectivity index (χ2n) is 4.06. The summed E-state index contributed by atoms with van der Waals surface area (Å²) in [7, 11) is 1.63. The van der Waals surface area contributed by atoms with E-state index in [0.717, 1.165) is 6.42 Å². The maximum Gasteiger partial charge on any atom is 0.269 e. The topological polar surface area (TPSA) is 68.5 Å². The summed E-state index contributed by atoms with van der Waals surface area (Å²) < 4.78 is 6.62. The summed E-state index contributed by atoms with van der Waals surface area (Å²) >= 11 is 5.97. The molecule has 6 nitrogen and oxygen atoms in total. The number of hydrogen-bond donors (Lipinski definition) is 1. The highest BCUT2D eigenvalue weighted by molar-refractivity contribution is 6.32. The van der Waals surface area contributed by atoms with Gasteiger partial charge in [-0.3, -0.25) is 9.20 Å². The monoisotopic (exact) mass is 282 g/mol. The number of imidazole rings is 1. The normalized spacial score (nSPS) is 10.9. The number of ether oxygens (including phenoxy) is 1. The molecule has 2 rings (SSSR count). The number of nitrogens with zero attached hydrogens (tertiary/aromatic N) is 3. The number of aromatic nitrogens is 3. The van der Waals surface area contributed by atoms with Gasteiger partial charge in [0.2, 0.25) is 0 Å². The minimum absolute atomic E-state index is 0.202. The molecular weight excluding hydrogens is 268 g/mol. The predicted octanol–water partition coefficient (Wildman–Crippen LogP) is 1.46. The molecule has 0 fully saturated rings. The van der Waals surface area contributed by atoms with Crippen molar-refractivity contribution in [3.63, 3.8) is 0 Å². The van der Waals surface area contributed by atoms with Gasteiger partial charge in [0.15, 0.2) is 5.15 Å². The molecule has 2 aromatic rings. The first kappa shape index (κ1) is 13.8. The van der Waals surface area contributed by atoms with Crippen molar-refractivity contribution in [2.75, 3.05) is 20.3 Å². The summed E-state index contributed by atoms with van der Waals surface area (Å²) in [6, 6.07) is 0. The largest absolute Gasteiger partial charge is 0.385 e. The number of carbonyl (C=O) groups excluding carboxylic acids is 1. The van der Waals surface area contributed by atoms with Crippen LogP contribution in [-0.4, -0.2) is 40.5 Å². The lowest BCUT2D eigenvalue weighted by Crippen LogP contribution is -2.27. The van der Waals surface area contributed by atoms with Crippen LogP contribution in [0.2, 0.25) is 5.15 Å². The van der Waals surface area contributed by atoms with Gasteiger partial charge < -0.3 is 10.1 Å². The fourth-order valence-electron chi connectivity index (χ4n) is 1.80. The van der Waals surface area contributed by atoms with Gasteiger partial charge >= 0.3 is 0 Å². The van der Waals surface area contributed by atoms with Crippen LogP contribution in [0.3, 0.4) is 0 Å². The number of aryl methyl sites for hydroxylation is 1. The molecule has 7 heteroatoms. The summed E-state index contributed by atoms with van der Waals surface area (Å²) in [6.45, 7) is 2.97. The Balaban J connectivity index is 2.22. The number of rotatable bonds is 5. The molecule has 2 aromatic heterocycles. The van der Waals surface area contributed by atoms with E-state index in [1.807, 2.05) is 6.92 Å². The van der Waals surface area contributed by atoms with Crippen LogP contribution in [0.4, 0.5) is 0 Å². The Bertz CT molecular complexity index is 597. The van der Waals surface area contributed by atoms with Crippen LogP contribution < -0.4 is 5.32 Å². The van der Waals surface area contributed by atoms with Gasteiger partial charge in [0.25, 0.3) is 5.91 Å². The van der Waals surface area contributed by atoms with Crippen molar-refractivity contribution in [1.29, 1.82) is 0 Å². The minimum atomic E-state index is -0.202. The Kier molecular flexibility index (Phi) is 4.34. The average molecular weight is 283 g/mol. The van der Waals surface area contributed by atoms with Gasteiger partial charge in [0, 0.05) is 20.3 Å². The zero-order chi connectivity index (χ0) is 13.8. The number of halogens is 1. The molecule has 1 amide bonds. The molecule has 1 N–H and O–H groups in total. The predicted molar refractivity (Wildman–Crippen MR) is 71.6 cm³/mol. The van der Waals surface area contributed by atoms with Crippen LogP contribution in [0.15, 0.2) is 12.4 Å². The molecule has 0 aromatic carbocycles. The molecule has 102 valence electrons. The van der Waals surface area contributed by atoms with Crippen LogP contribution in [0.25, 0.3) is 5.52 Å². The van der Waals surface area contributed by atoms with Gasteiger partial charge in [0.1, 0.15) is 17.0 Å². The second-order valence-corrected chi connectivity index (χ2v) is 4.42. The number of hydrogen-bond acceptors (Lipinski definition) is 4. The molecule has 0 aliphatic rings. The van der Waals surface area contributed by atoms with Crippen LogP contribution in [0, 0.1) is 6.92 Å². The van der Waals surface area contributed by atoms with Crippen LogP contribution in [0.5, 0.6) is 0 Å². The van der Waals surface area contributed by atoms with Gasteiger partial charge in [-0.05, 0) is 13.3 Å². The Morgan fingerprint density at radius 1 is 1.47 bits per heavy atom. The molecule has 0 saturated heterocycles. The third-order valence-corrected chi connectivity index (χ3v) is 3.03. The molecule has 19 heavy (non-hydrogen) atoms. The molecular formula is C12H15ClN4O2. The van der Waals surface area contributed by atoms with Gasteiger partial charge in [-0.2, -0.15) is 0 Å². The summed E-state index contributed by atoms with van der Waals surface area (Å²) in [4.78, 5) is 20.3. The summed E-state index contributed by atoms with van der Waals surface area (Å²) in [5.74, 6) is 0.493. The Morgan fingerprint density at radius 2 is 2.26 bits per heavy atom. The quantitative estimate of drug-likeness (QED) is 0.843. The average Bonchev–Trinajstić information content (AvgIpc) is 2.78. The van der Waals surface area contributed by atoms with Crippen molar-refractivity contribution < 1.29 is 9.53 Å². The Labute approximate surface area is 115 Å². The number of nitrogens with one attached hydrogen (secondary N) is 1. The van der Waals surface area contributed by atoms with Gasteiger partial charge in [-0.15, -0.1) is 0 Å². The third-order valence-electron chi connectivity index (χ3n) is 2.73. The first-order chi connectivity index (χ1) is 9.15. The minimum Gasteiger partial charge on any atom is -0.385 e. The van der Waals surface area contributed by atoms with Gasteiger partial charge in [-0.25, -0.2) is 9.97 Å². The second kappa shape index (κ2) is 5.99. The van der Waals surface area contributed by atoms with Crippen molar-refractivity contribution in [2.45, 2.75) is 13.3 Å².